The van der Waals surface area contributed by atoms with Gasteiger partial charge in [0, 0.05) is 17.0 Å². The van der Waals surface area contributed by atoms with Gasteiger partial charge in [0.1, 0.15) is 0 Å². The first-order valence-electron chi connectivity index (χ1n) is 6.30. The molecule has 0 spiro atoms. The molecular formula is C13H17N5OS. The molecule has 0 bridgehead atoms. The number of nitrogens with one attached hydrogen (secondary N) is 1. The zero-order chi connectivity index (χ0) is 14.7. The van der Waals surface area contributed by atoms with Crippen molar-refractivity contribution < 1.29 is 4.79 Å². The number of carbonyl (C=O) groups excluding carboxylic acids is 1. The summed E-state index contributed by atoms with van der Waals surface area (Å²) in [5, 5.41) is 13.9. The van der Waals surface area contributed by atoms with E-state index in [9.17, 15) is 4.79 Å². The molecule has 20 heavy (non-hydrogen) atoms. The highest BCUT2D eigenvalue weighted by Crippen LogP contribution is 2.27. The van der Waals surface area contributed by atoms with Crippen LogP contribution >= 0.6 is 11.8 Å². The van der Waals surface area contributed by atoms with Crippen molar-refractivity contribution in [2.45, 2.75) is 32.2 Å². The van der Waals surface area contributed by atoms with Gasteiger partial charge in [0.15, 0.2) is 0 Å². The molecule has 0 fully saturated rings. The minimum absolute atomic E-state index is 0.192. The fourth-order valence-corrected chi connectivity index (χ4v) is 2.87. The Labute approximate surface area is 121 Å². The maximum absolute atomic E-state index is 12.4. The van der Waals surface area contributed by atoms with Gasteiger partial charge in [0.05, 0.1) is 0 Å². The maximum atomic E-state index is 12.4. The zero-order valence-electron chi connectivity index (χ0n) is 12.0. The van der Waals surface area contributed by atoms with Crippen molar-refractivity contribution in [3.63, 3.8) is 0 Å². The lowest BCUT2D eigenvalue weighted by atomic mass is 10.1. The first-order chi connectivity index (χ1) is 9.58. The van der Waals surface area contributed by atoms with Crippen LogP contribution in [0.2, 0.25) is 0 Å². The number of rotatable bonds is 4. The highest BCUT2D eigenvalue weighted by atomic mass is 32.2. The van der Waals surface area contributed by atoms with Crippen LogP contribution in [0.25, 0.3) is 0 Å². The molecule has 1 N–H and O–H groups in total. The molecule has 1 aromatic heterocycles. The monoisotopic (exact) mass is 291 g/mol. The van der Waals surface area contributed by atoms with Gasteiger partial charge in [-0.1, -0.05) is 11.2 Å². The molecule has 0 unspecified atom stereocenters. The number of amides is 1. The highest BCUT2D eigenvalue weighted by Gasteiger charge is 2.15. The largest absolute Gasteiger partial charge is 0.289 e. The molecule has 0 aliphatic heterocycles. The van der Waals surface area contributed by atoms with E-state index < -0.39 is 0 Å². The number of tetrazole rings is 1. The summed E-state index contributed by atoms with van der Waals surface area (Å²) in [6.45, 7) is 6.51. The van der Waals surface area contributed by atoms with Crippen molar-refractivity contribution in [1.29, 1.82) is 0 Å². The van der Waals surface area contributed by atoms with E-state index in [-0.39, 0.29) is 5.91 Å². The summed E-state index contributed by atoms with van der Waals surface area (Å²) in [6, 6.07) is 3.79. The van der Waals surface area contributed by atoms with E-state index in [1.165, 1.54) is 10.2 Å². The standard InChI is InChI=1S/C13H17N5OS/c1-5-18-13(15-16-17-18)14-12(19)10-7-6-8(2)11(20-4)9(10)3/h6-7H,5H2,1-4H3,(H,14,15,17,19). The van der Waals surface area contributed by atoms with Crippen molar-refractivity contribution in [2.75, 3.05) is 11.6 Å². The molecule has 2 rings (SSSR count). The van der Waals surface area contributed by atoms with Crippen LogP contribution in [-0.2, 0) is 6.54 Å². The molecule has 0 saturated heterocycles. The number of carbonyl (C=O) groups is 1. The van der Waals surface area contributed by atoms with Crippen molar-refractivity contribution in [2.24, 2.45) is 0 Å². The Balaban J connectivity index is 2.30. The number of hydrogen-bond donors (Lipinski definition) is 1. The second kappa shape index (κ2) is 6.04. The minimum atomic E-state index is -0.192. The fourth-order valence-electron chi connectivity index (χ4n) is 2.06. The minimum Gasteiger partial charge on any atom is -0.289 e. The average molecular weight is 291 g/mol. The van der Waals surface area contributed by atoms with E-state index in [0.717, 1.165) is 10.5 Å². The van der Waals surface area contributed by atoms with Gasteiger partial charge < -0.3 is 0 Å². The quantitative estimate of drug-likeness (QED) is 0.875. The lowest BCUT2D eigenvalue weighted by molar-refractivity contribution is 0.102. The van der Waals surface area contributed by atoms with Crippen molar-refractivity contribution in [1.82, 2.24) is 20.2 Å². The first-order valence-corrected chi connectivity index (χ1v) is 7.52. The summed E-state index contributed by atoms with van der Waals surface area (Å²) < 4.78 is 1.54. The van der Waals surface area contributed by atoms with Gasteiger partial charge in [-0.25, -0.2) is 4.68 Å². The van der Waals surface area contributed by atoms with Crippen LogP contribution in [-0.4, -0.2) is 32.4 Å². The highest BCUT2D eigenvalue weighted by molar-refractivity contribution is 7.98. The summed E-state index contributed by atoms with van der Waals surface area (Å²) in [5.74, 6) is 0.172. The van der Waals surface area contributed by atoms with Crippen LogP contribution < -0.4 is 5.32 Å². The van der Waals surface area contributed by atoms with Crippen LogP contribution in [0.1, 0.15) is 28.4 Å². The van der Waals surface area contributed by atoms with Crippen LogP contribution in [0.4, 0.5) is 5.95 Å². The Bertz CT molecular complexity index is 638. The van der Waals surface area contributed by atoms with E-state index in [2.05, 4.69) is 20.8 Å². The number of aryl methyl sites for hydroxylation is 2. The Morgan fingerprint density at radius 1 is 1.40 bits per heavy atom. The number of benzene rings is 1. The summed E-state index contributed by atoms with van der Waals surface area (Å²) in [5.41, 5.74) is 2.79. The van der Waals surface area contributed by atoms with Gasteiger partial charge in [-0.15, -0.1) is 11.8 Å². The van der Waals surface area contributed by atoms with E-state index >= 15 is 0 Å². The van der Waals surface area contributed by atoms with E-state index in [1.54, 1.807) is 11.8 Å². The molecule has 0 saturated carbocycles. The Morgan fingerprint density at radius 2 is 2.15 bits per heavy atom. The Hall–Kier alpha value is -1.89. The van der Waals surface area contributed by atoms with Crippen LogP contribution in [0, 0.1) is 13.8 Å². The van der Waals surface area contributed by atoms with Gasteiger partial charge in [-0.05, 0) is 54.6 Å². The second-order valence-electron chi connectivity index (χ2n) is 4.36. The molecule has 1 aromatic carbocycles. The molecule has 1 heterocycles. The Kier molecular flexibility index (Phi) is 4.39. The number of thioether (sulfide) groups is 1. The van der Waals surface area contributed by atoms with Gasteiger partial charge in [0.25, 0.3) is 5.91 Å². The number of nitrogens with zero attached hydrogens (tertiary/aromatic N) is 4. The lowest BCUT2D eigenvalue weighted by Gasteiger charge is -2.12. The molecule has 0 atom stereocenters. The molecule has 7 heteroatoms. The summed E-state index contributed by atoms with van der Waals surface area (Å²) >= 11 is 1.64. The summed E-state index contributed by atoms with van der Waals surface area (Å²) in [4.78, 5) is 13.5. The van der Waals surface area contributed by atoms with Crippen molar-refractivity contribution in [3.8, 4) is 0 Å². The molecule has 0 aliphatic rings. The molecule has 106 valence electrons. The second-order valence-corrected chi connectivity index (χ2v) is 5.18. The van der Waals surface area contributed by atoms with E-state index in [1.807, 2.05) is 39.2 Å². The third-order valence-corrected chi connectivity index (χ3v) is 4.14. The number of aromatic nitrogens is 4. The zero-order valence-corrected chi connectivity index (χ0v) is 12.8. The summed E-state index contributed by atoms with van der Waals surface area (Å²) in [6.07, 6.45) is 2.01. The maximum Gasteiger partial charge on any atom is 0.258 e. The van der Waals surface area contributed by atoms with Crippen molar-refractivity contribution in [3.05, 3.63) is 28.8 Å². The predicted molar refractivity (Wildman–Crippen MR) is 79.1 cm³/mol. The number of hydrogen-bond acceptors (Lipinski definition) is 5. The SMILES string of the molecule is CCn1nnnc1NC(=O)c1ccc(C)c(SC)c1C. The van der Waals surface area contributed by atoms with E-state index in [4.69, 9.17) is 0 Å². The fraction of sp³-hybridized carbons (Fsp3) is 0.385. The third kappa shape index (κ3) is 2.67. The smallest absolute Gasteiger partial charge is 0.258 e. The Morgan fingerprint density at radius 3 is 2.80 bits per heavy atom. The first kappa shape index (κ1) is 14.5. The third-order valence-electron chi connectivity index (χ3n) is 3.11. The normalized spacial score (nSPS) is 10.6. The molecule has 0 radical (unpaired) electrons. The van der Waals surface area contributed by atoms with Crippen LogP contribution in [0.3, 0.4) is 0 Å². The van der Waals surface area contributed by atoms with E-state index in [0.29, 0.717) is 18.1 Å². The topological polar surface area (TPSA) is 72.7 Å². The molecule has 2 aromatic rings. The molecule has 6 nitrogen and oxygen atoms in total. The molecule has 1 amide bonds. The van der Waals surface area contributed by atoms with Gasteiger partial charge in [-0.3, -0.25) is 10.1 Å². The molecular weight excluding hydrogens is 274 g/mol. The molecule has 0 aliphatic carbocycles. The predicted octanol–water partition coefficient (Wildman–Crippen LogP) is 2.28. The van der Waals surface area contributed by atoms with Crippen LogP contribution in [0.15, 0.2) is 17.0 Å². The lowest BCUT2D eigenvalue weighted by Crippen LogP contribution is -2.17. The van der Waals surface area contributed by atoms with Gasteiger partial charge >= 0.3 is 0 Å². The number of anilines is 1. The average Bonchev–Trinajstić information content (AvgIpc) is 2.86. The van der Waals surface area contributed by atoms with Crippen LogP contribution in [0.5, 0.6) is 0 Å². The van der Waals surface area contributed by atoms with Gasteiger partial charge in [-0.2, -0.15) is 0 Å². The van der Waals surface area contributed by atoms with Gasteiger partial charge in [0.2, 0.25) is 5.95 Å². The van der Waals surface area contributed by atoms with Crippen molar-refractivity contribution >= 4 is 23.6 Å². The summed E-state index contributed by atoms with van der Waals surface area (Å²) in [7, 11) is 0.